The molecule has 0 saturated carbocycles. The molecule has 0 spiro atoms. The van der Waals surface area contributed by atoms with Crippen LogP contribution in [0.15, 0.2) is 36.9 Å². The molecule has 112 valence electrons. The molecule has 1 fully saturated rings. The van der Waals surface area contributed by atoms with E-state index in [9.17, 15) is 0 Å². The van der Waals surface area contributed by atoms with Crippen LogP contribution in [-0.2, 0) is 20.1 Å². The van der Waals surface area contributed by atoms with Gasteiger partial charge in [-0.3, -0.25) is 9.88 Å². The van der Waals surface area contributed by atoms with Crippen LogP contribution in [0.25, 0.3) is 0 Å². The zero-order valence-corrected chi connectivity index (χ0v) is 12.6. The van der Waals surface area contributed by atoms with Crippen molar-refractivity contribution in [1.82, 2.24) is 24.8 Å². The van der Waals surface area contributed by atoms with Gasteiger partial charge in [0.1, 0.15) is 0 Å². The number of hydrogen-bond acceptors (Lipinski definition) is 4. The highest BCUT2D eigenvalue weighted by Gasteiger charge is 2.19. The van der Waals surface area contributed by atoms with Crippen LogP contribution in [0.3, 0.4) is 0 Å². The number of aromatic nitrogens is 3. The van der Waals surface area contributed by atoms with E-state index in [1.54, 1.807) is 0 Å². The molecular formula is C16H23N5. The van der Waals surface area contributed by atoms with Crippen LogP contribution in [0, 0.1) is 0 Å². The van der Waals surface area contributed by atoms with Crippen molar-refractivity contribution in [2.45, 2.75) is 32.0 Å². The summed E-state index contributed by atoms with van der Waals surface area (Å²) in [5, 5.41) is 3.65. The standard InChI is InChI=1S/C16H23N5/c1-20-13-17-10-16(20)11-19-14-5-8-21(9-6-14)12-15-4-2-3-7-18-15/h2-4,7,10,13-14,19H,5-6,8-9,11-12H2,1H3. The Kier molecular flexibility index (Phi) is 4.62. The van der Waals surface area contributed by atoms with Gasteiger partial charge in [-0.2, -0.15) is 0 Å². The van der Waals surface area contributed by atoms with Gasteiger partial charge in [0.25, 0.3) is 0 Å². The van der Waals surface area contributed by atoms with E-state index in [1.165, 1.54) is 24.2 Å². The molecule has 1 aliphatic heterocycles. The number of likely N-dealkylation sites (tertiary alicyclic amines) is 1. The summed E-state index contributed by atoms with van der Waals surface area (Å²) in [5.74, 6) is 0. The lowest BCUT2D eigenvalue weighted by Crippen LogP contribution is -2.42. The molecule has 1 saturated heterocycles. The van der Waals surface area contributed by atoms with Crippen LogP contribution < -0.4 is 5.32 Å². The molecule has 3 rings (SSSR count). The number of piperidine rings is 1. The summed E-state index contributed by atoms with van der Waals surface area (Å²) in [4.78, 5) is 11.0. The zero-order chi connectivity index (χ0) is 14.5. The Bertz CT molecular complexity index is 543. The van der Waals surface area contributed by atoms with Gasteiger partial charge in [-0.05, 0) is 25.0 Å². The molecule has 2 aromatic rings. The van der Waals surface area contributed by atoms with E-state index in [-0.39, 0.29) is 0 Å². The van der Waals surface area contributed by atoms with Gasteiger partial charge in [0.2, 0.25) is 0 Å². The number of rotatable bonds is 5. The van der Waals surface area contributed by atoms with Crippen molar-refractivity contribution in [2.24, 2.45) is 7.05 Å². The summed E-state index contributed by atoms with van der Waals surface area (Å²) in [7, 11) is 2.04. The molecule has 0 bridgehead atoms. The van der Waals surface area contributed by atoms with Gasteiger partial charge >= 0.3 is 0 Å². The Hall–Kier alpha value is -1.72. The lowest BCUT2D eigenvalue weighted by Gasteiger charge is -2.32. The minimum absolute atomic E-state index is 0.611. The second kappa shape index (κ2) is 6.83. The van der Waals surface area contributed by atoms with Crippen LogP contribution in [-0.4, -0.2) is 38.6 Å². The second-order valence-electron chi connectivity index (χ2n) is 5.75. The normalized spacial score (nSPS) is 17.2. The van der Waals surface area contributed by atoms with Gasteiger partial charge < -0.3 is 9.88 Å². The van der Waals surface area contributed by atoms with Crippen molar-refractivity contribution < 1.29 is 0 Å². The Labute approximate surface area is 126 Å². The molecule has 5 nitrogen and oxygen atoms in total. The maximum absolute atomic E-state index is 4.40. The molecule has 0 aromatic carbocycles. The number of nitrogens with zero attached hydrogens (tertiary/aromatic N) is 4. The van der Waals surface area contributed by atoms with Crippen LogP contribution in [0.4, 0.5) is 0 Å². The number of pyridine rings is 1. The molecule has 0 radical (unpaired) electrons. The fraction of sp³-hybridized carbons (Fsp3) is 0.500. The van der Waals surface area contributed by atoms with Crippen molar-refractivity contribution in [2.75, 3.05) is 13.1 Å². The van der Waals surface area contributed by atoms with Gasteiger partial charge in [0.15, 0.2) is 0 Å². The van der Waals surface area contributed by atoms with Gasteiger partial charge in [0.05, 0.1) is 17.7 Å². The number of nitrogens with one attached hydrogen (secondary N) is 1. The van der Waals surface area contributed by atoms with E-state index in [2.05, 4.69) is 36.9 Å². The van der Waals surface area contributed by atoms with Crippen LogP contribution in [0.2, 0.25) is 0 Å². The summed E-state index contributed by atoms with van der Waals surface area (Å²) < 4.78 is 2.07. The lowest BCUT2D eigenvalue weighted by molar-refractivity contribution is 0.188. The second-order valence-corrected chi connectivity index (χ2v) is 5.75. The highest BCUT2D eigenvalue weighted by Crippen LogP contribution is 2.13. The monoisotopic (exact) mass is 285 g/mol. The lowest BCUT2D eigenvalue weighted by atomic mass is 10.0. The first-order valence-electron chi connectivity index (χ1n) is 7.62. The largest absolute Gasteiger partial charge is 0.337 e. The first kappa shape index (κ1) is 14.2. The Morgan fingerprint density at radius 3 is 2.81 bits per heavy atom. The van der Waals surface area contributed by atoms with E-state index in [0.717, 1.165) is 26.2 Å². The van der Waals surface area contributed by atoms with E-state index < -0.39 is 0 Å². The van der Waals surface area contributed by atoms with Crippen molar-refractivity contribution in [3.8, 4) is 0 Å². The van der Waals surface area contributed by atoms with Crippen molar-refractivity contribution in [3.05, 3.63) is 48.3 Å². The smallest absolute Gasteiger partial charge is 0.0945 e. The van der Waals surface area contributed by atoms with Gasteiger partial charge in [-0.25, -0.2) is 4.98 Å². The Morgan fingerprint density at radius 1 is 1.29 bits per heavy atom. The van der Waals surface area contributed by atoms with Crippen LogP contribution in [0.1, 0.15) is 24.2 Å². The predicted molar refractivity (Wildman–Crippen MR) is 82.6 cm³/mol. The van der Waals surface area contributed by atoms with Crippen molar-refractivity contribution in [3.63, 3.8) is 0 Å². The maximum Gasteiger partial charge on any atom is 0.0945 e. The molecule has 1 N–H and O–H groups in total. The summed E-state index contributed by atoms with van der Waals surface area (Å²) in [5.41, 5.74) is 2.41. The fourth-order valence-corrected chi connectivity index (χ4v) is 2.82. The summed E-state index contributed by atoms with van der Waals surface area (Å²) >= 11 is 0. The van der Waals surface area contributed by atoms with Gasteiger partial charge in [0, 0.05) is 51.7 Å². The molecule has 0 atom stereocenters. The number of hydrogen-bond donors (Lipinski definition) is 1. The minimum atomic E-state index is 0.611. The molecule has 5 heteroatoms. The molecule has 3 heterocycles. The zero-order valence-electron chi connectivity index (χ0n) is 12.6. The SMILES string of the molecule is Cn1cncc1CNC1CCN(Cc2ccccn2)CC1. The summed E-state index contributed by atoms with van der Waals surface area (Å²) in [6.07, 6.45) is 8.06. The fourth-order valence-electron chi connectivity index (χ4n) is 2.82. The first-order chi connectivity index (χ1) is 10.3. The van der Waals surface area contributed by atoms with E-state index in [0.29, 0.717) is 6.04 Å². The van der Waals surface area contributed by atoms with Gasteiger partial charge in [-0.1, -0.05) is 6.07 Å². The maximum atomic E-state index is 4.40. The Balaban J connectivity index is 1.42. The average molecular weight is 285 g/mol. The van der Waals surface area contributed by atoms with Crippen molar-refractivity contribution >= 4 is 0 Å². The quantitative estimate of drug-likeness (QED) is 0.906. The molecular weight excluding hydrogens is 262 g/mol. The average Bonchev–Trinajstić information content (AvgIpc) is 2.93. The minimum Gasteiger partial charge on any atom is -0.337 e. The molecule has 0 amide bonds. The van der Waals surface area contributed by atoms with E-state index >= 15 is 0 Å². The summed E-state index contributed by atoms with van der Waals surface area (Å²) in [6.45, 7) is 4.15. The van der Waals surface area contributed by atoms with Crippen LogP contribution in [0.5, 0.6) is 0 Å². The highest BCUT2D eigenvalue weighted by molar-refractivity contribution is 5.03. The third-order valence-corrected chi connectivity index (χ3v) is 4.19. The Morgan fingerprint density at radius 2 is 2.14 bits per heavy atom. The van der Waals surface area contributed by atoms with Gasteiger partial charge in [-0.15, -0.1) is 0 Å². The van der Waals surface area contributed by atoms with E-state index in [1.807, 2.05) is 31.8 Å². The molecule has 1 aliphatic rings. The molecule has 2 aromatic heterocycles. The molecule has 0 unspecified atom stereocenters. The third kappa shape index (κ3) is 3.89. The molecule has 21 heavy (non-hydrogen) atoms. The van der Waals surface area contributed by atoms with E-state index in [4.69, 9.17) is 0 Å². The molecule has 0 aliphatic carbocycles. The number of aryl methyl sites for hydroxylation is 1. The summed E-state index contributed by atoms with van der Waals surface area (Å²) in [6, 6.07) is 6.75. The first-order valence-corrected chi connectivity index (χ1v) is 7.62. The third-order valence-electron chi connectivity index (χ3n) is 4.19. The van der Waals surface area contributed by atoms with Crippen LogP contribution >= 0.6 is 0 Å². The number of imidazole rings is 1. The highest BCUT2D eigenvalue weighted by atomic mass is 15.1. The topological polar surface area (TPSA) is 46.0 Å². The van der Waals surface area contributed by atoms with Crippen molar-refractivity contribution in [1.29, 1.82) is 0 Å². The predicted octanol–water partition coefficient (Wildman–Crippen LogP) is 1.57.